The van der Waals surface area contributed by atoms with Gasteiger partial charge in [-0.3, -0.25) is 0 Å². The molecule has 0 radical (unpaired) electrons. The van der Waals surface area contributed by atoms with E-state index in [-0.39, 0.29) is 11.4 Å². The maximum absolute atomic E-state index is 11.4. The molecule has 0 bridgehead atoms. The number of nitrogens with one attached hydrogen (secondary N) is 2. The molecule has 15 heavy (non-hydrogen) atoms. The number of amides is 2. The van der Waals surface area contributed by atoms with Gasteiger partial charge in [-0.1, -0.05) is 39.7 Å². The quantitative estimate of drug-likeness (QED) is 0.723. The van der Waals surface area contributed by atoms with E-state index in [2.05, 4.69) is 31.4 Å². The first-order valence-electron chi connectivity index (χ1n) is 5.72. The van der Waals surface area contributed by atoms with E-state index in [4.69, 9.17) is 0 Å². The Bertz CT molecular complexity index is 234. The fourth-order valence-electron chi connectivity index (χ4n) is 1.66. The molecule has 1 aliphatic rings. The minimum atomic E-state index is -0.0811. The molecule has 0 saturated heterocycles. The third-order valence-corrected chi connectivity index (χ3v) is 2.49. The molecule has 0 aromatic heterocycles. The first-order valence-corrected chi connectivity index (χ1v) is 5.72. The molecule has 0 spiro atoms. The molecule has 0 aromatic carbocycles. The average Bonchev–Trinajstić information content (AvgIpc) is 2.54. The molecule has 2 amide bonds. The van der Waals surface area contributed by atoms with Crippen LogP contribution in [-0.4, -0.2) is 12.1 Å². The third-order valence-electron chi connectivity index (χ3n) is 2.49. The molecule has 1 fully saturated rings. The van der Waals surface area contributed by atoms with Crippen LogP contribution in [0.15, 0.2) is 12.3 Å². The van der Waals surface area contributed by atoms with Crippen LogP contribution in [-0.2, 0) is 0 Å². The molecule has 0 aliphatic heterocycles. The van der Waals surface area contributed by atoms with Gasteiger partial charge >= 0.3 is 6.03 Å². The highest BCUT2D eigenvalue weighted by Crippen LogP contribution is 2.17. The molecule has 1 aliphatic carbocycles. The summed E-state index contributed by atoms with van der Waals surface area (Å²) in [6.45, 7) is 6.29. The van der Waals surface area contributed by atoms with Crippen LogP contribution in [0, 0.1) is 5.41 Å². The highest BCUT2D eigenvalue weighted by molar-refractivity contribution is 5.75. The molecule has 3 heteroatoms. The van der Waals surface area contributed by atoms with E-state index < -0.39 is 0 Å². The molecular formula is C12H22N2O. The molecule has 2 N–H and O–H groups in total. The Morgan fingerprint density at radius 2 is 1.87 bits per heavy atom. The summed E-state index contributed by atoms with van der Waals surface area (Å²) in [6.07, 6.45) is 8.43. The first kappa shape index (κ1) is 12.1. The summed E-state index contributed by atoms with van der Waals surface area (Å²) in [5, 5.41) is 5.70. The second-order valence-electron chi connectivity index (χ2n) is 5.30. The van der Waals surface area contributed by atoms with Crippen molar-refractivity contribution in [1.29, 1.82) is 0 Å². The van der Waals surface area contributed by atoms with E-state index in [0.29, 0.717) is 6.04 Å². The SMILES string of the molecule is CC(C)(C)/C=C/NC(=O)NC1CCCC1. The van der Waals surface area contributed by atoms with E-state index in [9.17, 15) is 4.79 Å². The van der Waals surface area contributed by atoms with Crippen LogP contribution in [0.5, 0.6) is 0 Å². The van der Waals surface area contributed by atoms with Crippen LogP contribution < -0.4 is 10.6 Å². The number of rotatable bonds is 2. The largest absolute Gasteiger partial charge is 0.335 e. The van der Waals surface area contributed by atoms with Crippen molar-refractivity contribution in [2.24, 2.45) is 5.41 Å². The van der Waals surface area contributed by atoms with Gasteiger partial charge in [0.05, 0.1) is 0 Å². The van der Waals surface area contributed by atoms with Gasteiger partial charge in [0.15, 0.2) is 0 Å². The molecular weight excluding hydrogens is 188 g/mol. The predicted molar refractivity (Wildman–Crippen MR) is 62.5 cm³/mol. The highest BCUT2D eigenvalue weighted by Gasteiger charge is 2.16. The number of urea groups is 1. The molecule has 0 heterocycles. The minimum Gasteiger partial charge on any atom is -0.335 e. The average molecular weight is 210 g/mol. The van der Waals surface area contributed by atoms with Gasteiger partial charge in [0, 0.05) is 12.2 Å². The summed E-state index contributed by atoms with van der Waals surface area (Å²) in [5.74, 6) is 0. The Kier molecular flexibility index (Phi) is 4.18. The third kappa shape index (κ3) is 5.45. The van der Waals surface area contributed by atoms with Gasteiger partial charge in [0.2, 0.25) is 0 Å². The summed E-state index contributed by atoms with van der Waals surface area (Å²) in [7, 11) is 0. The van der Waals surface area contributed by atoms with E-state index in [1.807, 2.05) is 6.08 Å². The second-order valence-corrected chi connectivity index (χ2v) is 5.30. The smallest absolute Gasteiger partial charge is 0.318 e. The van der Waals surface area contributed by atoms with Crippen LogP contribution in [0.4, 0.5) is 4.79 Å². The summed E-state index contributed by atoms with van der Waals surface area (Å²) in [4.78, 5) is 11.4. The summed E-state index contributed by atoms with van der Waals surface area (Å²) in [5.41, 5.74) is 0.112. The Morgan fingerprint density at radius 1 is 1.27 bits per heavy atom. The number of allylic oxidation sites excluding steroid dienone is 1. The molecule has 86 valence electrons. The van der Waals surface area contributed by atoms with E-state index >= 15 is 0 Å². The van der Waals surface area contributed by atoms with Crippen LogP contribution in [0.3, 0.4) is 0 Å². The van der Waals surface area contributed by atoms with Gasteiger partial charge in [-0.25, -0.2) is 4.79 Å². The molecule has 0 atom stereocenters. The minimum absolute atomic E-state index is 0.0811. The fraction of sp³-hybridized carbons (Fsp3) is 0.750. The first-order chi connectivity index (χ1) is 6.97. The molecule has 1 saturated carbocycles. The van der Waals surface area contributed by atoms with E-state index in [1.54, 1.807) is 6.20 Å². The lowest BCUT2D eigenvalue weighted by Crippen LogP contribution is -2.38. The van der Waals surface area contributed by atoms with Gasteiger partial charge in [-0.15, -0.1) is 0 Å². The Labute approximate surface area is 92.3 Å². The number of carbonyl (C=O) groups excluding carboxylic acids is 1. The molecule has 0 aromatic rings. The lowest BCUT2D eigenvalue weighted by atomic mass is 9.97. The molecule has 0 unspecified atom stereocenters. The zero-order valence-electron chi connectivity index (χ0n) is 9.97. The van der Waals surface area contributed by atoms with Crippen molar-refractivity contribution in [2.45, 2.75) is 52.5 Å². The van der Waals surface area contributed by atoms with Gasteiger partial charge in [-0.2, -0.15) is 0 Å². The maximum atomic E-state index is 11.4. The Hall–Kier alpha value is -0.990. The van der Waals surface area contributed by atoms with Crippen LogP contribution in [0.1, 0.15) is 46.5 Å². The monoisotopic (exact) mass is 210 g/mol. The van der Waals surface area contributed by atoms with Gasteiger partial charge in [-0.05, 0) is 18.3 Å². The highest BCUT2D eigenvalue weighted by atomic mass is 16.2. The van der Waals surface area contributed by atoms with Gasteiger partial charge in [0.1, 0.15) is 0 Å². The van der Waals surface area contributed by atoms with E-state index in [1.165, 1.54) is 12.8 Å². The summed E-state index contributed by atoms with van der Waals surface area (Å²) >= 11 is 0. The summed E-state index contributed by atoms with van der Waals surface area (Å²) < 4.78 is 0. The van der Waals surface area contributed by atoms with Gasteiger partial charge < -0.3 is 10.6 Å². The Morgan fingerprint density at radius 3 is 2.40 bits per heavy atom. The number of hydrogen-bond acceptors (Lipinski definition) is 1. The van der Waals surface area contributed by atoms with Crippen molar-refractivity contribution < 1.29 is 4.79 Å². The fourth-order valence-corrected chi connectivity index (χ4v) is 1.66. The predicted octanol–water partition coefficient (Wildman–Crippen LogP) is 2.79. The second kappa shape index (κ2) is 5.19. The van der Waals surface area contributed by atoms with Crippen LogP contribution in [0.25, 0.3) is 0 Å². The van der Waals surface area contributed by atoms with Crippen molar-refractivity contribution in [3.05, 3.63) is 12.3 Å². The number of carbonyl (C=O) groups is 1. The van der Waals surface area contributed by atoms with Crippen molar-refractivity contribution in [3.8, 4) is 0 Å². The lowest BCUT2D eigenvalue weighted by molar-refractivity contribution is 0.240. The van der Waals surface area contributed by atoms with Crippen molar-refractivity contribution in [1.82, 2.24) is 10.6 Å². The molecule has 1 rings (SSSR count). The molecule has 3 nitrogen and oxygen atoms in total. The van der Waals surface area contributed by atoms with E-state index in [0.717, 1.165) is 12.8 Å². The summed E-state index contributed by atoms with van der Waals surface area (Å²) in [6, 6.07) is 0.301. The van der Waals surface area contributed by atoms with Crippen molar-refractivity contribution in [3.63, 3.8) is 0 Å². The van der Waals surface area contributed by atoms with Gasteiger partial charge in [0.25, 0.3) is 0 Å². The Balaban J connectivity index is 2.21. The van der Waals surface area contributed by atoms with Crippen LogP contribution in [0.2, 0.25) is 0 Å². The zero-order valence-corrected chi connectivity index (χ0v) is 9.97. The number of hydrogen-bond donors (Lipinski definition) is 2. The maximum Gasteiger partial charge on any atom is 0.318 e. The van der Waals surface area contributed by atoms with Crippen molar-refractivity contribution >= 4 is 6.03 Å². The topological polar surface area (TPSA) is 41.1 Å². The van der Waals surface area contributed by atoms with Crippen LogP contribution >= 0.6 is 0 Å². The normalized spacial score (nSPS) is 18.3. The van der Waals surface area contributed by atoms with Crippen molar-refractivity contribution in [2.75, 3.05) is 0 Å². The lowest BCUT2D eigenvalue weighted by Gasteiger charge is -2.13. The zero-order chi connectivity index (χ0) is 11.3. The standard InChI is InChI=1S/C12H22N2O/c1-12(2,3)8-9-13-11(15)14-10-6-4-5-7-10/h8-10H,4-7H2,1-3H3,(H2,13,14,15)/b9-8+.